The van der Waals surface area contributed by atoms with E-state index in [-0.39, 0.29) is 0 Å². The van der Waals surface area contributed by atoms with Crippen LogP contribution in [0, 0.1) is 0 Å². The van der Waals surface area contributed by atoms with Crippen LogP contribution in [0.25, 0.3) is 0 Å². The lowest BCUT2D eigenvalue weighted by Crippen LogP contribution is -2.14. The molecule has 1 N–H and O–H groups in total. The zero-order valence-corrected chi connectivity index (χ0v) is 9.14. The maximum atomic E-state index is 9.49. The average molecular weight is 211 g/mol. The molecule has 0 saturated heterocycles. The van der Waals surface area contributed by atoms with Crippen molar-refractivity contribution in [1.82, 2.24) is 4.98 Å². The molecule has 1 unspecified atom stereocenters. The minimum absolute atomic E-state index is 0.364. The first kappa shape index (κ1) is 11.9. The van der Waals surface area contributed by atoms with Crippen molar-refractivity contribution in [2.75, 3.05) is 20.8 Å². The highest BCUT2D eigenvalue weighted by atomic mass is 16.5. The second-order valence-electron chi connectivity index (χ2n) is 3.32. The molecule has 84 valence electrons. The van der Waals surface area contributed by atoms with Gasteiger partial charge in [0, 0.05) is 18.9 Å². The van der Waals surface area contributed by atoms with E-state index in [2.05, 4.69) is 4.98 Å². The van der Waals surface area contributed by atoms with Crippen molar-refractivity contribution in [1.29, 1.82) is 0 Å². The number of ether oxygens (including phenoxy) is 2. The number of aromatic nitrogens is 1. The molecule has 0 aliphatic heterocycles. The van der Waals surface area contributed by atoms with E-state index in [1.807, 2.05) is 12.1 Å². The van der Waals surface area contributed by atoms with Gasteiger partial charge in [-0.3, -0.25) is 0 Å². The van der Waals surface area contributed by atoms with Gasteiger partial charge in [-0.05, 0) is 18.9 Å². The number of rotatable bonds is 6. The lowest BCUT2D eigenvalue weighted by Gasteiger charge is -2.10. The summed E-state index contributed by atoms with van der Waals surface area (Å²) < 4.78 is 9.97. The predicted molar refractivity (Wildman–Crippen MR) is 57.0 cm³/mol. The number of aryl methyl sites for hydroxylation is 1. The van der Waals surface area contributed by atoms with Crippen LogP contribution in [0.5, 0.6) is 5.88 Å². The van der Waals surface area contributed by atoms with Crippen molar-refractivity contribution in [3.8, 4) is 5.88 Å². The quantitative estimate of drug-likeness (QED) is 0.763. The predicted octanol–water partition coefficient (Wildman–Crippen LogP) is 1.03. The smallest absolute Gasteiger partial charge is 0.216 e. The maximum absolute atomic E-state index is 9.49. The molecule has 0 aliphatic carbocycles. The van der Waals surface area contributed by atoms with Gasteiger partial charge in [-0.15, -0.1) is 0 Å². The molecule has 0 bridgehead atoms. The van der Waals surface area contributed by atoms with Crippen LogP contribution in [-0.2, 0) is 11.2 Å². The van der Waals surface area contributed by atoms with E-state index in [1.165, 1.54) is 0 Å². The van der Waals surface area contributed by atoms with Crippen molar-refractivity contribution in [2.45, 2.75) is 18.9 Å². The van der Waals surface area contributed by atoms with Gasteiger partial charge in [0.1, 0.15) is 0 Å². The molecule has 0 spiro atoms. The summed E-state index contributed by atoms with van der Waals surface area (Å²) in [6.07, 6.45) is 2.64. The van der Waals surface area contributed by atoms with Crippen molar-refractivity contribution < 1.29 is 14.6 Å². The van der Waals surface area contributed by atoms with Crippen LogP contribution in [0.15, 0.2) is 18.3 Å². The first-order valence-corrected chi connectivity index (χ1v) is 4.92. The summed E-state index contributed by atoms with van der Waals surface area (Å²) in [6.45, 7) is 0.364. The number of nitrogens with zero attached hydrogens (tertiary/aromatic N) is 1. The molecule has 0 aliphatic rings. The third-order valence-corrected chi connectivity index (χ3v) is 2.15. The highest BCUT2D eigenvalue weighted by Gasteiger charge is 2.07. The highest BCUT2D eigenvalue weighted by molar-refractivity contribution is 5.25. The molecule has 1 heterocycles. The molecular weight excluding hydrogens is 194 g/mol. The van der Waals surface area contributed by atoms with E-state index in [0.29, 0.717) is 18.9 Å². The van der Waals surface area contributed by atoms with Crippen LogP contribution in [0.4, 0.5) is 0 Å². The lowest BCUT2D eigenvalue weighted by atomic mass is 10.1. The number of aliphatic hydroxyl groups is 1. The number of methoxy groups -OCH3 is 2. The Morgan fingerprint density at radius 1 is 1.47 bits per heavy atom. The largest absolute Gasteiger partial charge is 0.481 e. The Balaban J connectivity index is 2.49. The molecule has 0 saturated carbocycles. The van der Waals surface area contributed by atoms with Crippen LogP contribution in [0.1, 0.15) is 12.0 Å². The molecule has 0 radical (unpaired) electrons. The number of hydrogen-bond acceptors (Lipinski definition) is 4. The lowest BCUT2D eigenvalue weighted by molar-refractivity contribution is 0.0594. The van der Waals surface area contributed by atoms with Crippen molar-refractivity contribution in [2.24, 2.45) is 0 Å². The van der Waals surface area contributed by atoms with E-state index in [1.54, 1.807) is 20.4 Å². The Labute approximate surface area is 89.9 Å². The molecule has 1 rings (SSSR count). The summed E-state index contributed by atoms with van der Waals surface area (Å²) in [6, 6.07) is 3.81. The first-order chi connectivity index (χ1) is 7.27. The Bertz CT molecular complexity index is 291. The molecular formula is C11H17NO3. The van der Waals surface area contributed by atoms with Crippen LogP contribution >= 0.6 is 0 Å². The second kappa shape index (κ2) is 6.37. The molecule has 4 nitrogen and oxygen atoms in total. The van der Waals surface area contributed by atoms with E-state index < -0.39 is 6.10 Å². The molecule has 0 aromatic carbocycles. The highest BCUT2D eigenvalue weighted by Crippen LogP contribution is 2.16. The number of aliphatic hydroxyl groups excluding tert-OH is 1. The van der Waals surface area contributed by atoms with Crippen molar-refractivity contribution in [3.05, 3.63) is 23.9 Å². The van der Waals surface area contributed by atoms with Gasteiger partial charge in [-0.1, -0.05) is 6.07 Å². The second-order valence-corrected chi connectivity index (χ2v) is 3.32. The Morgan fingerprint density at radius 2 is 2.27 bits per heavy atom. The van der Waals surface area contributed by atoms with Crippen molar-refractivity contribution in [3.63, 3.8) is 0 Å². The van der Waals surface area contributed by atoms with Gasteiger partial charge in [0.15, 0.2) is 0 Å². The van der Waals surface area contributed by atoms with Gasteiger partial charge >= 0.3 is 0 Å². The minimum atomic E-state index is -0.431. The van der Waals surface area contributed by atoms with Gasteiger partial charge in [0.05, 0.1) is 19.8 Å². The molecule has 0 fully saturated rings. The normalized spacial score (nSPS) is 12.5. The summed E-state index contributed by atoms with van der Waals surface area (Å²) in [5.74, 6) is 0.627. The Morgan fingerprint density at radius 3 is 2.93 bits per heavy atom. The maximum Gasteiger partial charge on any atom is 0.216 e. The molecule has 4 heteroatoms. The monoisotopic (exact) mass is 211 g/mol. The summed E-state index contributed by atoms with van der Waals surface area (Å²) in [7, 11) is 3.17. The minimum Gasteiger partial charge on any atom is -0.481 e. The fourth-order valence-corrected chi connectivity index (χ4v) is 1.40. The topological polar surface area (TPSA) is 51.6 Å². The van der Waals surface area contributed by atoms with Crippen LogP contribution in [-0.4, -0.2) is 37.0 Å². The van der Waals surface area contributed by atoms with E-state index in [9.17, 15) is 5.11 Å². The van der Waals surface area contributed by atoms with E-state index in [0.717, 1.165) is 12.0 Å². The SMILES string of the molecule is COCC(O)CCc1cccnc1OC. The van der Waals surface area contributed by atoms with Gasteiger partial charge in [0.25, 0.3) is 0 Å². The van der Waals surface area contributed by atoms with Gasteiger partial charge in [0.2, 0.25) is 5.88 Å². The molecule has 1 aromatic heterocycles. The molecule has 0 amide bonds. The van der Waals surface area contributed by atoms with Gasteiger partial charge in [-0.2, -0.15) is 0 Å². The average Bonchev–Trinajstić information content (AvgIpc) is 2.27. The fraction of sp³-hybridized carbons (Fsp3) is 0.545. The third kappa shape index (κ3) is 3.85. The fourth-order valence-electron chi connectivity index (χ4n) is 1.40. The van der Waals surface area contributed by atoms with Crippen LogP contribution in [0.3, 0.4) is 0 Å². The number of hydrogen-bond donors (Lipinski definition) is 1. The van der Waals surface area contributed by atoms with Crippen LogP contribution < -0.4 is 4.74 Å². The van der Waals surface area contributed by atoms with Crippen LogP contribution in [0.2, 0.25) is 0 Å². The summed E-state index contributed by atoms with van der Waals surface area (Å²) in [5, 5.41) is 9.49. The van der Waals surface area contributed by atoms with E-state index >= 15 is 0 Å². The Hall–Kier alpha value is -1.13. The number of pyridine rings is 1. The van der Waals surface area contributed by atoms with Gasteiger partial charge < -0.3 is 14.6 Å². The molecule has 1 atom stereocenters. The first-order valence-electron chi connectivity index (χ1n) is 4.92. The Kier molecular flexibility index (Phi) is 5.07. The molecule has 15 heavy (non-hydrogen) atoms. The zero-order chi connectivity index (χ0) is 11.1. The summed E-state index contributed by atoms with van der Waals surface area (Å²) in [4.78, 5) is 4.09. The van der Waals surface area contributed by atoms with E-state index in [4.69, 9.17) is 9.47 Å². The third-order valence-electron chi connectivity index (χ3n) is 2.15. The van der Waals surface area contributed by atoms with Crippen molar-refractivity contribution >= 4 is 0 Å². The molecule has 1 aromatic rings. The van der Waals surface area contributed by atoms with Gasteiger partial charge in [-0.25, -0.2) is 4.98 Å². The summed E-state index contributed by atoms with van der Waals surface area (Å²) >= 11 is 0. The standard InChI is InChI=1S/C11H17NO3/c1-14-8-10(13)6-5-9-4-3-7-12-11(9)15-2/h3-4,7,10,13H,5-6,8H2,1-2H3. The summed E-state index contributed by atoms with van der Waals surface area (Å²) in [5.41, 5.74) is 1.01. The zero-order valence-electron chi connectivity index (χ0n) is 9.14.